The van der Waals surface area contributed by atoms with Gasteiger partial charge >= 0.3 is 12.4 Å². The number of carbonyl (C=O) groups is 1. The second kappa shape index (κ2) is 5.79. The molecule has 0 aromatic rings. The summed E-state index contributed by atoms with van der Waals surface area (Å²) >= 11 is 5.42. The summed E-state index contributed by atoms with van der Waals surface area (Å²) in [6, 6.07) is 0. The Labute approximate surface area is 98.3 Å². The lowest BCUT2D eigenvalue weighted by Crippen LogP contribution is -2.48. The van der Waals surface area contributed by atoms with Gasteiger partial charge in [-0.25, -0.2) is 0 Å². The quantitative estimate of drug-likeness (QED) is 0.624. The summed E-state index contributed by atoms with van der Waals surface area (Å²) in [5.41, 5.74) is 0. The standard InChI is InChI=1S/C8H10ClF6NO/c1-4(9)2-3-16-6(17)5(7(10,11)12)8(13,14)15/h4-5H,2-3H2,1H3,(H,16,17). The van der Waals surface area contributed by atoms with Gasteiger partial charge in [0.2, 0.25) is 11.8 Å². The van der Waals surface area contributed by atoms with E-state index in [1.54, 1.807) is 5.32 Å². The van der Waals surface area contributed by atoms with Crippen molar-refractivity contribution in [3.63, 3.8) is 0 Å². The molecule has 0 spiro atoms. The van der Waals surface area contributed by atoms with Crippen molar-refractivity contribution < 1.29 is 31.1 Å². The Bertz CT molecular complexity index is 248. The van der Waals surface area contributed by atoms with Crippen LogP contribution in [0.2, 0.25) is 0 Å². The van der Waals surface area contributed by atoms with E-state index in [9.17, 15) is 31.1 Å². The first-order valence-corrected chi connectivity index (χ1v) is 4.95. The lowest BCUT2D eigenvalue weighted by Gasteiger charge is -2.22. The minimum Gasteiger partial charge on any atom is -0.355 e. The van der Waals surface area contributed by atoms with Crippen LogP contribution in [0.25, 0.3) is 0 Å². The van der Waals surface area contributed by atoms with Crippen molar-refractivity contribution in [1.29, 1.82) is 0 Å². The Morgan fingerprint density at radius 1 is 1.18 bits per heavy atom. The van der Waals surface area contributed by atoms with Crippen molar-refractivity contribution >= 4 is 17.5 Å². The Hall–Kier alpha value is -0.660. The highest BCUT2D eigenvalue weighted by molar-refractivity contribution is 6.20. The van der Waals surface area contributed by atoms with Gasteiger partial charge in [0.25, 0.3) is 0 Å². The number of alkyl halides is 7. The summed E-state index contributed by atoms with van der Waals surface area (Å²) < 4.78 is 72.3. The second-order valence-corrected chi connectivity index (χ2v) is 4.12. The molecular formula is C8H10ClF6NO. The van der Waals surface area contributed by atoms with E-state index < -0.39 is 29.6 Å². The van der Waals surface area contributed by atoms with Crippen LogP contribution < -0.4 is 5.32 Å². The SMILES string of the molecule is CC(Cl)CCNC(=O)C(C(F)(F)F)C(F)(F)F. The molecule has 1 unspecified atom stereocenters. The van der Waals surface area contributed by atoms with Gasteiger partial charge in [-0.3, -0.25) is 4.79 Å². The van der Waals surface area contributed by atoms with E-state index in [-0.39, 0.29) is 13.0 Å². The van der Waals surface area contributed by atoms with Crippen LogP contribution in [0.15, 0.2) is 0 Å². The number of nitrogens with one attached hydrogen (secondary N) is 1. The van der Waals surface area contributed by atoms with Crippen molar-refractivity contribution in [3.05, 3.63) is 0 Å². The van der Waals surface area contributed by atoms with Gasteiger partial charge in [0.15, 0.2) is 0 Å². The molecule has 1 N–H and O–H groups in total. The van der Waals surface area contributed by atoms with E-state index in [2.05, 4.69) is 0 Å². The minimum atomic E-state index is -5.66. The van der Waals surface area contributed by atoms with E-state index in [1.165, 1.54) is 6.92 Å². The van der Waals surface area contributed by atoms with Gasteiger partial charge < -0.3 is 5.32 Å². The maximum Gasteiger partial charge on any atom is 0.409 e. The summed E-state index contributed by atoms with van der Waals surface area (Å²) in [7, 11) is 0. The highest BCUT2D eigenvalue weighted by Crippen LogP contribution is 2.39. The summed E-state index contributed by atoms with van der Waals surface area (Å²) in [4.78, 5) is 10.8. The zero-order chi connectivity index (χ0) is 13.9. The fourth-order valence-corrected chi connectivity index (χ4v) is 1.09. The van der Waals surface area contributed by atoms with Gasteiger partial charge in [-0.1, -0.05) is 0 Å². The molecule has 0 aromatic carbocycles. The predicted octanol–water partition coefficient (Wildman–Crippen LogP) is 2.86. The van der Waals surface area contributed by atoms with Crippen LogP contribution in [-0.4, -0.2) is 30.2 Å². The van der Waals surface area contributed by atoms with E-state index in [0.29, 0.717) is 0 Å². The summed E-state index contributed by atoms with van der Waals surface area (Å²) in [6.07, 6.45) is -11.2. The molecule has 0 saturated carbocycles. The molecule has 1 atom stereocenters. The van der Waals surface area contributed by atoms with Crippen molar-refractivity contribution in [2.24, 2.45) is 5.92 Å². The molecule has 0 rings (SSSR count). The van der Waals surface area contributed by atoms with Crippen LogP contribution in [0.4, 0.5) is 26.3 Å². The average Bonchev–Trinajstić information content (AvgIpc) is 1.96. The predicted molar refractivity (Wildman–Crippen MR) is 48.5 cm³/mol. The van der Waals surface area contributed by atoms with Crippen molar-refractivity contribution in [1.82, 2.24) is 5.32 Å². The van der Waals surface area contributed by atoms with Crippen LogP contribution in [0, 0.1) is 5.92 Å². The van der Waals surface area contributed by atoms with Crippen LogP contribution >= 0.6 is 11.6 Å². The molecular weight excluding hydrogens is 276 g/mol. The molecule has 0 bridgehead atoms. The normalized spacial score (nSPS) is 14.9. The third kappa shape index (κ3) is 5.99. The highest BCUT2D eigenvalue weighted by atomic mass is 35.5. The largest absolute Gasteiger partial charge is 0.409 e. The first-order chi connectivity index (χ1) is 7.46. The lowest BCUT2D eigenvalue weighted by atomic mass is 10.1. The molecule has 0 radical (unpaired) electrons. The Kier molecular flexibility index (Phi) is 5.57. The van der Waals surface area contributed by atoms with E-state index >= 15 is 0 Å². The number of hydrogen-bond donors (Lipinski definition) is 1. The van der Waals surface area contributed by atoms with Crippen LogP contribution in [0.5, 0.6) is 0 Å². The molecule has 0 aromatic heterocycles. The van der Waals surface area contributed by atoms with Crippen LogP contribution in [0.1, 0.15) is 13.3 Å². The molecule has 17 heavy (non-hydrogen) atoms. The van der Waals surface area contributed by atoms with E-state index in [4.69, 9.17) is 11.6 Å². The van der Waals surface area contributed by atoms with Gasteiger partial charge in [0.1, 0.15) is 0 Å². The fourth-order valence-electron chi connectivity index (χ4n) is 0.979. The number of halogens is 7. The molecule has 0 saturated heterocycles. The zero-order valence-corrected chi connectivity index (χ0v) is 9.38. The Morgan fingerprint density at radius 2 is 1.59 bits per heavy atom. The van der Waals surface area contributed by atoms with Gasteiger partial charge in [-0.2, -0.15) is 26.3 Å². The molecule has 0 aliphatic rings. The smallest absolute Gasteiger partial charge is 0.355 e. The lowest BCUT2D eigenvalue weighted by molar-refractivity contribution is -0.274. The van der Waals surface area contributed by atoms with E-state index in [0.717, 1.165) is 0 Å². The first-order valence-electron chi connectivity index (χ1n) is 4.51. The molecule has 0 heterocycles. The monoisotopic (exact) mass is 285 g/mol. The number of hydrogen-bond acceptors (Lipinski definition) is 1. The third-order valence-corrected chi connectivity index (χ3v) is 1.98. The van der Waals surface area contributed by atoms with Gasteiger partial charge in [-0.15, -0.1) is 11.6 Å². The van der Waals surface area contributed by atoms with Crippen molar-refractivity contribution in [3.8, 4) is 0 Å². The molecule has 2 nitrogen and oxygen atoms in total. The summed E-state index contributed by atoms with van der Waals surface area (Å²) in [5, 5.41) is 1.11. The molecule has 0 fully saturated rings. The van der Waals surface area contributed by atoms with Crippen LogP contribution in [0.3, 0.4) is 0 Å². The Morgan fingerprint density at radius 3 is 1.88 bits per heavy atom. The minimum absolute atomic E-state index is 0.0791. The van der Waals surface area contributed by atoms with Gasteiger partial charge in [0.05, 0.1) is 0 Å². The summed E-state index contributed by atoms with van der Waals surface area (Å²) in [5.74, 6) is -6.11. The topological polar surface area (TPSA) is 29.1 Å². The molecule has 9 heteroatoms. The number of carbonyl (C=O) groups excluding carboxylic acids is 1. The number of rotatable bonds is 4. The molecule has 1 amide bonds. The number of amides is 1. The average molecular weight is 286 g/mol. The molecule has 0 aliphatic heterocycles. The zero-order valence-electron chi connectivity index (χ0n) is 8.62. The second-order valence-electron chi connectivity index (χ2n) is 3.38. The summed E-state index contributed by atoms with van der Waals surface area (Å²) in [6.45, 7) is 1.16. The van der Waals surface area contributed by atoms with Crippen LogP contribution in [-0.2, 0) is 4.79 Å². The van der Waals surface area contributed by atoms with Gasteiger partial charge in [-0.05, 0) is 13.3 Å². The van der Waals surface area contributed by atoms with E-state index in [1.807, 2.05) is 0 Å². The van der Waals surface area contributed by atoms with Gasteiger partial charge in [0, 0.05) is 11.9 Å². The highest BCUT2D eigenvalue weighted by Gasteiger charge is 2.60. The first kappa shape index (κ1) is 16.3. The maximum absolute atomic E-state index is 12.0. The van der Waals surface area contributed by atoms with Crippen molar-refractivity contribution in [2.75, 3.05) is 6.54 Å². The fraction of sp³-hybridized carbons (Fsp3) is 0.875. The van der Waals surface area contributed by atoms with Crippen molar-refractivity contribution in [2.45, 2.75) is 31.1 Å². The molecule has 0 aliphatic carbocycles. The molecule has 102 valence electrons. The Balaban J connectivity index is 4.58. The third-order valence-electron chi connectivity index (χ3n) is 1.76. The maximum atomic E-state index is 12.0.